The summed E-state index contributed by atoms with van der Waals surface area (Å²) in [7, 11) is 0. The van der Waals surface area contributed by atoms with Crippen LogP contribution in [0, 0.1) is 0 Å². The van der Waals surface area contributed by atoms with Crippen LogP contribution in [0.5, 0.6) is 0 Å². The SMILES string of the molecule is CCCCCC/C=C\CCCCCCCC(=O)N[C@H]1[C@H](O[C@H]2[C@H](O)[C@@H](NC(C)=O)[C@H](O[C@H]3[C@H](O)[C@@H](NC(C)=O)[C@H](O[C@H]4[C@H](O)[C@@H](NC(C)=O)C(O)O[C@@H]4CO)O[C@@H]3CO)O[C@@H]2CO)O[C@H](CO)[C@@H](O)[C@@H]1O. The van der Waals surface area contributed by atoms with Gasteiger partial charge in [0.05, 0.1) is 26.4 Å². The summed E-state index contributed by atoms with van der Waals surface area (Å²) in [6, 6.07) is -6.17. The van der Waals surface area contributed by atoms with E-state index in [1.54, 1.807) is 0 Å². The molecule has 4 aliphatic heterocycles. The largest absolute Gasteiger partial charge is 0.394 e. The Hall–Kier alpha value is -3.06. The van der Waals surface area contributed by atoms with Gasteiger partial charge in [-0.1, -0.05) is 57.6 Å². The smallest absolute Gasteiger partial charge is 0.220 e. The minimum Gasteiger partial charge on any atom is -0.394 e. The molecule has 0 saturated carbocycles. The number of carbonyl (C=O) groups excluding carboxylic acids is 4. The van der Waals surface area contributed by atoms with Crippen molar-refractivity contribution in [2.75, 3.05) is 26.4 Å². The number of ether oxygens (including phenoxy) is 7. The van der Waals surface area contributed by atoms with Crippen molar-refractivity contribution in [3.63, 3.8) is 0 Å². The summed E-state index contributed by atoms with van der Waals surface area (Å²) >= 11 is 0. The standard InChI is InChI=1S/C46H80N4O21/c1-5-6-7-8-9-10-11-12-13-14-15-16-17-18-30(58)50-32-36(60)35(59)26(19-51)66-44(32)70-41-28(21-53)68-46(34(38(41)62)49-25(4)57)71-42-29(22-54)67-45(33(39(42)63)48-24(3)56)69-40-27(20-52)65-43(64)31(37(40)61)47-23(2)55/h10-11,26-29,31-46,51-54,59-64H,5-9,12-22H2,1-4H3,(H,47,55)(H,48,56)(H,49,57)(H,50,58)/b11-10-/t26-,27-,28-,29-,31-,32-,33-,34-,35-,36-,37-,38-,39-,40-,41-,42-,43?,44+,45+,46+/m1/s1. The van der Waals surface area contributed by atoms with E-state index >= 15 is 0 Å². The fraction of sp³-hybridized carbons (Fsp3) is 0.870. The molecule has 4 saturated heterocycles. The van der Waals surface area contributed by atoms with Crippen LogP contribution in [-0.2, 0) is 52.3 Å². The van der Waals surface area contributed by atoms with Crippen LogP contribution in [0.1, 0.15) is 105 Å². The Bertz CT molecular complexity index is 1650. The van der Waals surface area contributed by atoms with Gasteiger partial charge in [-0.15, -0.1) is 0 Å². The van der Waals surface area contributed by atoms with E-state index in [1.807, 2.05) is 0 Å². The van der Waals surface area contributed by atoms with Gasteiger partial charge in [-0.25, -0.2) is 0 Å². The summed E-state index contributed by atoms with van der Waals surface area (Å²) in [5.41, 5.74) is 0. The van der Waals surface area contributed by atoms with Crippen LogP contribution in [-0.4, -0.2) is 224 Å². The summed E-state index contributed by atoms with van der Waals surface area (Å²) in [6.07, 6.45) is -11.4. The molecule has 4 fully saturated rings. The Kier molecular flexibility index (Phi) is 25.9. The first-order valence-corrected chi connectivity index (χ1v) is 24.8. The molecule has 410 valence electrons. The Labute approximate surface area is 413 Å². The zero-order valence-corrected chi connectivity index (χ0v) is 41.0. The van der Waals surface area contributed by atoms with Gasteiger partial charge in [0.2, 0.25) is 23.6 Å². The zero-order chi connectivity index (χ0) is 52.4. The molecule has 0 bridgehead atoms. The monoisotopic (exact) mass is 1020 g/mol. The van der Waals surface area contributed by atoms with Gasteiger partial charge in [0.15, 0.2) is 25.2 Å². The normalized spacial score (nSPS) is 37.6. The molecule has 4 aliphatic rings. The van der Waals surface area contributed by atoms with E-state index in [0.717, 1.165) is 59.3 Å². The van der Waals surface area contributed by atoms with Crippen molar-refractivity contribution >= 4 is 23.6 Å². The summed E-state index contributed by atoms with van der Waals surface area (Å²) in [4.78, 5) is 50.2. The van der Waals surface area contributed by atoms with Gasteiger partial charge < -0.3 is 105 Å². The van der Waals surface area contributed by atoms with E-state index in [-0.39, 0.29) is 6.42 Å². The van der Waals surface area contributed by atoms with Crippen molar-refractivity contribution in [2.24, 2.45) is 0 Å². The van der Waals surface area contributed by atoms with Crippen LogP contribution in [0.25, 0.3) is 0 Å². The third-order valence-electron chi connectivity index (χ3n) is 12.9. The molecule has 14 N–H and O–H groups in total. The Morgan fingerprint density at radius 3 is 1.25 bits per heavy atom. The van der Waals surface area contributed by atoms with Crippen LogP contribution in [0.3, 0.4) is 0 Å². The van der Waals surface area contributed by atoms with E-state index in [1.165, 1.54) is 25.7 Å². The number of aliphatic hydroxyl groups is 10. The van der Waals surface area contributed by atoms with Crippen LogP contribution < -0.4 is 21.3 Å². The van der Waals surface area contributed by atoms with Gasteiger partial charge in [-0.3, -0.25) is 19.2 Å². The summed E-state index contributed by atoms with van der Waals surface area (Å²) in [5, 5.41) is 118. The summed E-state index contributed by atoms with van der Waals surface area (Å²) < 4.78 is 41.4. The molecule has 4 heterocycles. The highest BCUT2D eigenvalue weighted by molar-refractivity contribution is 5.76. The second kappa shape index (κ2) is 30.3. The van der Waals surface area contributed by atoms with Crippen molar-refractivity contribution < 1.29 is 103 Å². The van der Waals surface area contributed by atoms with Gasteiger partial charge in [0.25, 0.3) is 0 Å². The highest BCUT2D eigenvalue weighted by Gasteiger charge is 2.56. The molecule has 25 nitrogen and oxygen atoms in total. The first kappa shape index (κ1) is 60.5. The van der Waals surface area contributed by atoms with E-state index < -0.39 is 173 Å². The Balaban J connectivity index is 1.47. The summed E-state index contributed by atoms with van der Waals surface area (Å²) in [5.74, 6) is -2.66. The van der Waals surface area contributed by atoms with Crippen molar-refractivity contribution in [3.8, 4) is 0 Å². The predicted molar refractivity (Wildman–Crippen MR) is 245 cm³/mol. The minimum absolute atomic E-state index is 0.0513. The lowest BCUT2D eigenvalue weighted by Gasteiger charge is -2.51. The lowest BCUT2D eigenvalue weighted by atomic mass is 9.93. The molecule has 4 amide bonds. The molecule has 0 aromatic carbocycles. The molecule has 0 aromatic heterocycles. The second-order valence-electron chi connectivity index (χ2n) is 18.6. The molecule has 4 rings (SSSR count). The van der Waals surface area contributed by atoms with Crippen molar-refractivity contribution in [3.05, 3.63) is 12.2 Å². The van der Waals surface area contributed by atoms with Gasteiger partial charge in [-0.2, -0.15) is 0 Å². The Morgan fingerprint density at radius 2 is 0.817 bits per heavy atom. The molecule has 0 aliphatic carbocycles. The van der Waals surface area contributed by atoms with Crippen molar-refractivity contribution in [1.29, 1.82) is 0 Å². The number of unbranched alkanes of at least 4 members (excludes halogenated alkanes) is 9. The summed E-state index contributed by atoms with van der Waals surface area (Å²) in [6.45, 7) is 2.02. The fourth-order valence-electron chi connectivity index (χ4n) is 9.20. The molecular weight excluding hydrogens is 945 g/mol. The average molecular weight is 1030 g/mol. The fourth-order valence-corrected chi connectivity index (χ4v) is 9.20. The maximum absolute atomic E-state index is 13.2. The topological polar surface area (TPSA) is 383 Å². The van der Waals surface area contributed by atoms with Crippen LogP contribution in [0.15, 0.2) is 12.2 Å². The van der Waals surface area contributed by atoms with Gasteiger partial charge in [0, 0.05) is 27.2 Å². The van der Waals surface area contributed by atoms with E-state index in [2.05, 4.69) is 40.3 Å². The zero-order valence-electron chi connectivity index (χ0n) is 41.0. The molecular formula is C46H80N4O21. The second-order valence-corrected chi connectivity index (χ2v) is 18.6. The highest BCUT2D eigenvalue weighted by Crippen LogP contribution is 2.34. The lowest BCUT2D eigenvalue weighted by Crippen LogP contribution is -2.71. The number of nitrogens with one attached hydrogen (secondary N) is 4. The number of hydrogen-bond donors (Lipinski definition) is 14. The molecule has 0 spiro atoms. The minimum atomic E-state index is -1.90. The quantitative estimate of drug-likeness (QED) is 0.0276. The lowest BCUT2D eigenvalue weighted by molar-refractivity contribution is -0.362. The maximum atomic E-state index is 13.2. The van der Waals surface area contributed by atoms with Gasteiger partial charge in [0.1, 0.15) is 97.4 Å². The van der Waals surface area contributed by atoms with Crippen molar-refractivity contribution in [1.82, 2.24) is 21.3 Å². The number of allylic oxidation sites excluding steroid dienone is 2. The molecule has 0 aromatic rings. The number of amides is 4. The highest BCUT2D eigenvalue weighted by atomic mass is 16.8. The van der Waals surface area contributed by atoms with E-state index in [4.69, 9.17) is 33.2 Å². The Morgan fingerprint density at radius 1 is 0.451 bits per heavy atom. The predicted octanol–water partition coefficient (Wildman–Crippen LogP) is -3.94. The number of aliphatic hydroxyl groups excluding tert-OH is 10. The third kappa shape index (κ3) is 17.2. The van der Waals surface area contributed by atoms with Crippen LogP contribution >= 0.6 is 0 Å². The third-order valence-corrected chi connectivity index (χ3v) is 12.9. The average Bonchev–Trinajstić information content (AvgIpc) is 3.32. The van der Waals surface area contributed by atoms with Crippen LogP contribution in [0.4, 0.5) is 0 Å². The number of hydrogen-bond acceptors (Lipinski definition) is 21. The maximum Gasteiger partial charge on any atom is 0.220 e. The number of rotatable bonds is 27. The van der Waals surface area contributed by atoms with Crippen molar-refractivity contribution in [2.45, 2.75) is 227 Å². The van der Waals surface area contributed by atoms with Gasteiger partial charge in [-0.05, 0) is 32.1 Å². The number of carbonyl (C=O) groups is 4. The van der Waals surface area contributed by atoms with E-state index in [9.17, 15) is 70.2 Å². The molecule has 20 atom stereocenters. The van der Waals surface area contributed by atoms with Gasteiger partial charge >= 0.3 is 0 Å². The first-order valence-electron chi connectivity index (χ1n) is 24.8. The molecule has 71 heavy (non-hydrogen) atoms. The van der Waals surface area contributed by atoms with E-state index in [0.29, 0.717) is 6.42 Å². The first-order chi connectivity index (χ1) is 33.9. The molecule has 1 unspecified atom stereocenters. The molecule has 0 radical (unpaired) electrons. The van der Waals surface area contributed by atoms with Crippen LogP contribution in [0.2, 0.25) is 0 Å². The molecule has 25 heteroatoms.